The topological polar surface area (TPSA) is 34.6 Å². The van der Waals surface area contributed by atoms with Crippen LogP contribution in [0.3, 0.4) is 0 Å². The molecule has 0 N–H and O–H groups in total. The van der Waals surface area contributed by atoms with E-state index < -0.39 is 0 Å². The zero-order valence-electron chi connectivity index (χ0n) is 8.86. The van der Waals surface area contributed by atoms with Crippen LogP contribution in [0.1, 0.15) is 6.42 Å². The molecule has 16 heavy (non-hydrogen) atoms. The van der Waals surface area contributed by atoms with E-state index in [1.165, 1.54) is 0 Å². The van der Waals surface area contributed by atoms with Crippen LogP contribution < -0.4 is 4.90 Å². The third-order valence-electron chi connectivity index (χ3n) is 3.03. The molecule has 0 saturated carbocycles. The number of hydrogen-bond acceptors (Lipinski definition) is 4. The van der Waals surface area contributed by atoms with Crippen molar-refractivity contribution in [2.24, 2.45) is 0 Å². The molecule has 0 aromatic carbocycles. The Morgan fingerprint density at radius 3 is 2.88 bits per heavy atom. The van der Waals surface area contributed by atoms with Crippen LogP contribution in [0.5, 0.6) is 0 Å². The molecule has 86 valence electrons. The fraction of sp³-hybridized carbons (Fsp3) is 0.545. The minimum absolute atomic E-state index is 0.371. The Labute approximate surface area is 103 Å². The first kappa shape index (κ1) is 10.5. The smallest absolute Gasteiger partial charge is 0.187 e. The molecule has 0 aliphatic carbocycles. The van der Waals surface area contributed by atoms with Crippen molar-refractivity contribution in [3.63, 3.8) is 0 Å². The fourth-order valence-corrected chi connectivity index (χ4v) is 2.59. The van der Waals surface area contributed by atoms with Crippen molar-refractivity contribution in [3.8, 4) is 0 Å². The highest BCUT2D eigenvalue weighted by atomic mass is 79.9. The van der Waals surface area contributed by atoms with Gasteiger partial charge in [-0.3, -0.25) is 0 Å². The maximum Gasteiger partial charge on any atom is 0.187 e. The molecule has 1 spiro atoms. The van der Waals surface area contributed by atoms with E-state index in [2.05, 4.69) is 25.8 Å². The Morgan fingerprint density at radius 2 is 2.12 bits per heavy atom. The van der Waals surface area contributed by atoms with Gasteiger partial charge in [0.05, 0.1) is 19.8 Å². The van der Waals surface area contributed by atoms with Crippen molar-refractivity contribution in [1.82, 2.24) is 4.98 Å². The van der Waals surface area contributed by atoms with Crippen LogP contribution in [0.4, 0.5) is 5.82 Å². The molecular formula is C11H13BrN2O2. The van der Waals surface area contributed by atoms with Crippen LogP contribution in [0.2, 0.25) is 0 Å². The van der Waals surface area contributed by atoms with Crippen LogP contribution in [-0.2, 0) is 9.47 Å². The van der Waals surface area contributed by atoms with Crippen molar-refractivity contribution >= 4 is 21.7 Å². The molecule has 2 fully saturated rings. The third-order valence-corrected chi connectivity index (χ3v) is 3.47. The molecule has 3 heterocycles. The quantitative estimate of drug-likeness (QED) is 0.737. The number of aromatic nitrogens is 1. The van der Waals surface area contributed by atoms with E-state index in [0.717, 1.165) is 29.9 Å². The molecule has 0 atom stereocenters. The number of halogens is 1. The first-order valence-electron chi connectivity index (χ1n) is 5.43. The first-order chi connectivity index (χ1) is 7.77. The summed E-state index contributed by atoms with van der Waals surface area (Å²) in [5, 5.41) is 0. The van der Waals surface area contributed by atoms with E-state index >= 15 is 0 Å². The number of ether oxygens (including phenoxy) is 2. The number of anilines is 1. The van der Waals surface area contributed by atoms with Gasteiger partial charge in [-0.05, 0) is 28.1 Å². The summed E-state index contributed by atoms with van der Waals surface area (Å²) in [6, 6.07) is 5.93. The molecule has 2 aliphatic heterocycles. The van der Waals surface area contributed by atoms with Gasteiger partial charge in [0.25, 0.3) is 0 Å². The van der Waals surface area contributed by atoms with Crippen LogP contribution in [0.25, 0.3) is 0 Å². The second-order valence-electron chi connectivity index (χ2n) is 4.10. The van der Waals surface area contributed by atoms with Gasteiger partial charge < -0.3 is 14.4 Å². The second kappa shape index (κ2) is 3.98. The van der Waals surface area contributed by atoms with E-state index in [-0.39, 0.29) is 5.79 Å². The molecule has 3 rings (SSSR count). The van der Waals surface area contributed by atoms with Crippen LogP contribution in [0.15, 0.2) is 22.8 Å². The number of nitrogens with zero attached hydrogens (tertiary/aromatic N) is 2. The van der Waals surface area contributed by atoms with E-state index in [9.17, 15) is 0 Å². The van der Waals surface area contributed by atoms with Gasteiger partial charge in [-0.1, -0.05) is 6.07 Å². The van der Waals surface area contributed by atoms with Crippen molar-refractivity contribution in [2.75, 3.05) is 31.2 Å². The SMILES string of the molecule is Brc1cccc(N2CCC3(C2)OCCO3)n1. The Hall–Kier alpha value is -0.650. The predicted octanol–water partition coefficient (Wildman–Crippen LogP) is 1.80. The van der Waals surface area contributed by atoms with Gasteiger partial charge >= 0.3 is 0 Å². The van der Waals surface area contributed by atoms with Crippen molar-refractivity contribution < 1.29 is 9.47 Å². The highest BCUT2D eigenvalue weighted by Crippen LogP contribution is 2.32. The standard InChI is InChI=1S/C11H13BrN2O2/c12-9-2-1-3-10(13-9)14-5-4-11(8-14)15-6-7-16-11/h1-3H,4-8H2. The zero-order valence-corrected chi connectivity index (χ0v) is 10.4. The number of pyridine rings is 1. The lowest BCUT2D eigenvalue weighted by Crippen LogP contribution is -2.34. The van der Waals surface area contributed by atoms with Gasteiger partial charge in [-0.25, -0.2) is 4.98 Å². The summed E-state index contributed by atoms with van der Waals surface area (Å²) in [7, 11) is 0. The van der Waals surface area contributed by atoms with Crippen molar-refractivity contribution in [2.45, 2.75) is 12.2 Å². The Bertz CT molecular complexity index is 393. The first-order valence-corrected chi connectivity index (χ1v) is 6.22. The maximum absolute atomic E-state index is 5.68. The molecule has 2 saturated heterocycles. The molecule has 4 nitrogen and oxygen atoms in total. The van der Waals surface area contributed by atoms with Crippen molar-refractivity contribution in [3.05, 3.63) is 22.8 Å². The molecule has 1 aromatic heterocycles. The predicted molar refractivity (Wildman–Crippen MR) is 63.4 cm³/mol. The summed E-state index contributed by atoms with van der Waals surface area (Å²) < 4.78 is 12.2. The molecule has 5 heteroatoms. The summed E-state index contributed by atoms with van der Waals surface area (Å²) >= 11 is 3.38. The zero-order chi connectivity index (χ0) is 11.0. The monoisotopic (exact) mass is 284 g/mol. The molecule has 1 aromatic rings. The molecule has 2 aliphatic rings. The summed E-state index contributed by atoms with van der Waals surface area (Å²) in [5.74, 6) is 0.606. The van der Waals surface area contributed by atoms with Crippen LogP contribution in [-0.4, -0.2) is 37.1 Å². The van der Waals surface area contributed by atoms with Gasteiger partial charge in [-0.2, -0.15) is 0 Å². The van der Waals surface area contributed by atoms with E-state index in [1.54, 1.807) is 0 Å². The molecule has 0 amide bonds. The van der Waals surface area contributed by atoms with Crippen LogP contribution >= 0.6 is 15.9 Å². The van der Waals surface area contributed by atoms with Gasteiger partial charge in [0.2, 0.25) is 0 Å². The number of hydrogen-bond donors (Lipinski definition) is 0. The van der Waals surface area contributed by atoms with Gasteiger partial charge in [0, 0.05) is 13.0 Å². The largest absolute Gasteiger partial charge is 0.351 e. The lowest BCUT2D eigenvalue weighted by atomic mass is 10.2. The van der Waals surface area contributed by atoms with Gasteiger partial charge in [-0.15, -0.1) is 0 Å². The average molecular weight is 285 g/mol. The highest BCUT2D eigenvalue weighted by molar-refractivity contribution is 9.10. The minimum atomic E-state index is -0.371. The normalized spacial score (nSPS) is 23.2. The van der Waals surface area contributed by atoms with Gasteiger partial charge in [0.15, 0.2) is 5.79 Å². The maximum atomic E-state index is 5.68. The van der Waals surface area contributed by atoms with Crippen LogP contribution in [0, 0.1) is 0 Å². The summed E-state index contributed by atoms with van der Waals surface area (Å²) in [4.78, 5) is 6.65. The molecular weight excluding hydrogens is 272 g/mol. The lowest BCUT2D eigenvalue weighted by Gasteiger charge is -2.22. The van der Waals surface area contributed by atoms with E-state index in [0.29, 0.717) is 13.2 Å². The summed E-state index contributed by atoms with van der Waals surface area (Å²) in [5.41, 5.74) is 0. The van der Waals surface area contributed by atoms with E-state index in [1.807, 2.05) is 18.2 Å². The average Bonchev–Trinajstić information content (AvgIpc) is 2.90. The Balaban J connectivity index is 1.78. The Kier molecular flexibility index (Phi) is 2.61. The van der Waals surface area contributed by atoms with E-state index in [4.69, 9.17) is 9.47 Å². The summed E-state index contributed by atoms with van der Waals surface area (Å²) in [6.07, 6.45) is 0.918. The van der Waals surface area contributed by atoms with Gasteiger partial charge in [0.1, 0.15) is 10.4 Å². The number of rotatable bonds is 1. The third kappa shape index (κ3) is 1.83. The fourth-order valence-electron chi connectivity index (χ4n) is 2.26. The molecule has 0 radical (unpaired) electrons. The second-order valence-corrected chi connectivity index (χ2v) is 4.91. The van der Waals surface area contributed by atoms with Crippen molar-refractivity contribution in [1.29, 1.82) is 0 Å². The highest BCUT2D eigenvalue weighted by Gasteiger charge is 2.43. The molecule has 0 unspecified atom stereocenters. The lowest BCUT2D eigenvalue weighted by molar-refractivity contribution is -0.137. The summed E-state index contributed by atoms with van der Waals surface area (Å²) in [6.45, 7) is 3.12. The molecule has 0 bridgehead atoms. The minimum Gasteiger partial charge on any atom is -0.351 e. The Morgan fingerprint density at radius 1 is 1.31 bits per heavy atom.